The highest BCUT2D eigenvalue weighted by Crippen LogP contribution is 2.42. The molecule has 0 radical (unpaired) electrons. The van der Waals surface area contributed by atoms with Crippen molar-refractivity contribution in [1.29, 1.82) is 0 Å². The molecule has 0 bridgehead atoms. The first-order chi connectivity index (χ1) is 34.0. The SMILES string of the molecule is CCOc1cc([C@@H](CS(C)(=O)=O)N2C(=O)c3cccc(N)c3C2=O)ccc1OC.CCOc1cc([C@@H](CS(C)(=O)=O)N2C(=O)c3cccc(N4C(=O)c5cccc(CC(C)=O)c5C4=O)c3C2=O)ccc1OC. The minimum absolute atomic E-state index is 0.0607. The standard InChI is InChI=1S/C31H28N2O9S.C20H22N2O6S/c1-5-42-25-15-18(12-13-24(25)41-3)23(16-43(4,39)40)33-29(36)21-10-7-11-22(27(21)31(33)38)32-28(35)20-9-6-8-19(14-17(2)34)26(20)30(32)37;1-4-28-17-10-12(8-9-16(17)27-2)15(11-29(3,25)26)22-19(23)13-6-5-7-14(21)18(13)20(22)24/h6-13,15,23H,5,14,16H2,1-4H3;5-10,15H,4,11,21H2,1-3H3/t23-;15-/m11/s1. The molecule has 5 aromatic rings. The van der Waals surface area contributed by atoms with E-state index >= 15 is 0 Å². The first-order valence-electron chi connectivity index (χ1n) is 22.3. The third-order valence-corrected chi connectivity index (χ3v) is 13.7. The predicted octanol–water partition coefficient (Wildman–Crippen LogP) is 5.47. The number of Topliss-reactive ketones (excluding diaryl/α,β-unsaturated/α-hetero) is 1. The number of imide groups is 3. The molecule has 6 amide bonds. The van der Waals surface area contributed by atoms with Crippen LogP contribution < -0.4 is 29.6 Å². The summed E-state index contributed by atoms with van der Waals surface area (Å²) in [7, 11) is -4.36. The average Bonchev–Trinajstić information content (AvgIpc) is 3.85. The van der Waals surface area contributed by atoms with E-state index in [-0.39, 0.29) is 63.6 Å². The predicted molar refractivity (Wildman–Crippen MR) is 263 cm³/mol. The van der Waals surface area contributed by atoms with Crippen LogP contribution in [0, 0.1) is 0 Å². The number of ether oxygens (including phenoxy) is 4. The van der Waals surface area contributed by atoms with Crippen LogP contribution in [0.5, 0.6) is 23.0 Å². The van der Waals surface area contributed by atoms with Crippen LogP contribution in [0.15, 0.2) is 91.0 Å². The molecule has 21 heteroatoms. The van der Waals surface area contributed by atoms with Crippen molar-refractivity contribution in [1.82, 2.24) is 9.80 Å². The van der Waals surface area contributed by atoms with Crippen molar-refractivity contribution in [3.8, 4) is 23.0 Å². The summed E-state index contributed by atoms with van der Waals surface area (Å²) in [5.41, 5.74) is 7.18. The van der Waals surface area contributed by atoms with Gasteiger partial charge in [0.05, 0.1) is 90.1 Å². The summed E-state index contributed by atoms with van der Waals surface area (Å²) < 4.78 is 71.2. The van der Waals surface area contributed by atoms with Crippen LogP contribution >= 0.6 is 0 Å². The number of carbonyl (C=O) groups is 7. The fraction of sp³-hybridized carbons (Fsp3) is 0.275. The van der Waals surface area contributed by atoms with Gasteiger partial charge in [-0.1, -0.05) is 36.4 Å². The maximum atomic E-state index is 14.1. The molecular formula is C51H50N4O15S2. The quantitative estimate of drug-likeness (QED) is 0.0895. The number of ketones is 1. The van der Waals surface area contributed by atoms with Gasteiger partial charge in [0.25, 0.3) is 35.4 Å². The van der Waals surface area contributed by atoms with E-state index in [0.29, 0.717) is 46.3 Å². The van der Waals surface area contributed by atoms with Gasteiger partial charge >= 0.3 is 0 Å². The summed E-state index contributed by atoms with van der Waals surface area (Å²) in [6.45, 7) is 5.57. The van der Waals surface area contributed by atoms with Crippen molar-refractivity contribution in [2.24, 2.45) is 0 Å². The number of sulfone groups is 2. The van der Waals surface area contributed by atoms with Gasteiger partial charge in [0.1, 0.15) is 25.5 Å². The van der Waals surface area contributed by atoms with Crippen molar-refractivity contribution < 1.29 is 69.3 Å². The Morgan fingerprint density at radius 1 is 0.556 bits per heavy atom. The topological polar surface area (TPSA) is 260 Å². The molecule has 0 unspecified atom stereocenters. The molecule has 2 N–H and O–H groups in total. The van der Waals surface area contributed by atoms with Crippen LogP contribution in [0.2, 0.25) is 0 Å². The van der Waals surface area contributed by atoms with E-state index in [9.17, 15) is 50.4 Å². The van der Waals surface area contributed by atoms with E-state index in [1.807, 2.05) is 0 Å². The van der Waals surface area contributed by atoms with Crippen LogP contribution in [-0.4, -0.2) is 119 Å². The van der Waals surface area contributed by atoms with E-state index in [0.717, 1.165) is 27.2 Å². The number of nitrogens with two attached hydrogens (primary N) is 1. The van der Waals surface area contributed by atoms with Crippen molar-refractivity contribution in [2.75, 3.05) is 62.1 Å². The summed E-state index contributed by atoms with van der Waals surface area (Å²) in [5.74, 6) is -3.98. The fourth-order valence-corrected chi connectivity index (χ4v) is 10.7. The van der Waals surface area contributed by atoms with E-state index in [4.69, 9.17) is 24.7 Å². The van der Waals surface area contributed by atoms with Gasteiger partial charge in [-0.2, -0.15) is 0 Å². The fourth-order valence-electron chi connectivity index (χ4n) is 8.91. The Hall–Kier alpha value is -7.91. The van der Waals surface area contributed by atoms with Crippen LogP contribution in [0.1, 0.15) is 112 Å². The molecule has 0 aliphatic carbocycles. The van der Waals surface area contributed by atoms with Gasteiger partial charge in [-0.15, -0.1) is 0 Å². The van der Waals surface area contributed by atoms with Gasteiger partial charge in [-0.05, 0) is 92.1 Å². The number of amides is 6. The number of anilines is 2. The molecule has 2 atom stereocenters. The van der Waals surface area contributed by atoms with Gasteiger partial charge in [0.2, 0.25) is 0 Å². The molecule has 3 aliphatic rings. The summed E-state index contributed by atoms with van der Waals surface area (Å²) in [4.78, 5) is 95.5. The summed E-state index contributed by atoms with van der Waals surface area (Å²) >= 11 is 0. The maximum Gasteiger partial charge on any atom is 0.266 e. The lowest BCUT2D eigenvalue weighted by molar-refractivity contribution is -0.116. The maximum absolute atomic E-state index is 14.1. The summed E-state index contributed by atoms with van der Waals surface area (Å²) in [6, 6.07) is 20.6. The monoisotopic (exact) mass is 1020 g/mol. The minimum atomic E-state index is -3.74. The highest BCUT2D eigenvalue weighted by Gasteiger charge is 2.48. The Labute approximate surface area is 415 Å². The second-order valence-electron chi connectivity index (χ2n) is 17.0. The molecule has 72 heavy (non-hydrogen) atoms. The molecule has 5 aromatic carbocycles. The smallest absolute Gasteiger partial charge is 0.266 e. The number of hydrogen-bond donors (Lipinski definition) is 1. The van der Waals surface area contributed by atoms with Gasteiger partial charge < -0.3 is 24.7 Å². The molecule has 8 rings (SSSR count). The number of benzene rings is 5. The van der Waals surface area contributed by atoms with E-state index in [1.165, 1.54) is 63.6 Å². The lowest BCUT2D eigenvalue weighted by atomic mass is 9.99. The highest BCUT2D eigenvalue weighted by atomic mass is 32.2. The Kier molecular flexibility index (Phi) is 14.7. The Morgan fingerprint density at radius 2 is 1.00 bits per heavy atom. The normalized spacial score (nSPS) is 14.9. The number of rotatable bonds is 17. The molecule has 3 aliphatic heterocycles. The number of carbonyl (C=O) groups excluding carboxylic acids is 7. The van der Waals surface area contributed by atoms with Gasteiger partial charge in [0, 0.05) is 24.6 Å². The van der Waals surface area contributed by atoms with Crippen molar-refractivity contribution >= 4 is 72.3 Å². The van der Waals surface area contributed by atoms with Crippen molar-refractivity contribution in [3.05, 3.63) is 141 Å². The average molecular weight is 1020 g/mol. The third kappa shape index (κ3) is 10.0. The molecule has 0 fully saturated rings. The van der Waals surface area contributed by atoms with Crippen LogP contribution in [0.3, 0.4) is 0 Å². The van der Waals surface area contributed by atoms with Crippen LogP contribution in [0.4, 0.5) is 11.4 Å². The van der Waals surface area contributed by atoms with Crippen LogP contribution in [0.25, 0.3) is 0 Å². The largest absolute Gasteiger partial charge is 0.493 e. The second kappa shape index (κ2) is 20.4. The molecule has 0 saturated carbocycles. The Morgan fingerprint density at radius 3 is 1.44 bits per heavy atom. The van der Waals surface area contributed by atoms with E-state index in [1.54, 1.807) is 62.4 Å². The Balaban J connectivity index is 0.000000228. The van der Waals surface area contributed by atoms with Gasteiger partial charge in [0.15, 0.2) is 23.0 Å². The van der Waals surface area contributed by atoms with Gasteiger partial charge in [-0.3, -0.25) is 43.4 Å². The summed E-state index contributed by atoms with van der Waals surface area (Å²) in [5, 5.41) is 0. The molecule has 0 spiro atoms. The number of methoxy groups -OCH3 is 2. The zero-order valence-electron chi connectivity index (χ0n) is 40.2. The lowest BCUT2D eigenvalue weighted by Crippen LogP contribution is -2.38. The first kappa shape index (κ1) is 51.9. The molecule has 376 valence electrons. The lowest BCUT2D eigenvalue weighted by Gasteiger charge is -2.27. The number of nitrogen functional groups attached to an aromatic ring is 1. The number of fused-ring (bicyclic) bond motifs is 3. The Bertz CT molecular complexity index is 3340. The number of hydrogen-bond acceptors (Lipinski definition) is 16. The third-order valence-electron chi connectivity index (χ3n) is 11.9. The van der Waals surface area contributed by atoms with E-state index in [2.05, 4.69) is 0 Å². The molecule has 0 saturated heterocycles. The molecule has 19 nitrogen and oxygen atoms in total. The molecule has 0 aromatic heterocycles. The highest BCUT2D eigenvalue weighted by molar-refractivity contribution is 7.90. The van der Waals surface area contributed by atoms with E-state index < -0.39 is 78.7 Å². The zero-order chi connectivity index (χ0) is 52.6. The second-order valence-corrected chi connectivity index (χ2v) is 21.4. The molecular weight excluding hydrogens is 973 g/mol. The first-order valence-corrected chi connectivity index (χ1v) is 26.4. The molecule has 3 heterocycles. The van der Waals surface area contributed by atoms with Crippen LogP contribution in [-0.2, 0) is 30.9 Å². The minimum Gasteiger partial charge on any atom is -0.493 e. The number of nitrogens with zero attached hydrogens (tertiary/aromatic N) is 3. The van der Waals surface area contributed by atoms with Crippen molar-refractivity contribution in [2.45, 2.75) is 39.3 Å². The summed E-state index contributed by atoms with van der Waals surface area (Å²) in [6.07, 6.45) is 1.99. The van der Waals surface area contributed by atoms with Gasteiger partial charge in [-0.25, -0.2) is 21.7 Å². The van der Waals surface area contributed by atoms with Crippen molar-refractivity contribution in [3.63, 3.8) is 0 Å². The zero-order valence-corrected chi connectivity index (χ0v) is 41.8.